The van der Waals surface area contributed by atoms with Crippen LogP contribution in [0.5, 0.6) is 0 Å². The predicted molar refractivity (Wildman–Crippen MR) is 81.7 cm³/mol. The molecule has 2 aromatic rings. The normalized spacial score (nSPS) is 14.2. The maximum Gasteiger partial charge on any atom is 0.259 e. The highest BCUT2D eigenvalue weighted by Gasteiger charge is 2.23. The first-order chi connectivity index (χ1) is 9.54. The van der Waals surface area contributed by atoms with Crippen LogP contribution in [0.15, 0.2) is 6.07 Å². The quantitative estimate of drug-likeness (QED) is 0.882. The summed E-state index contributed by atoms with van der Waals surface area (Å²) >= 11 is 14.1. The van der Waals surface area contributed by atoms with E-state index in [4.69, 9.17) is 23.2 Å². The van der Waals surface area contributed by atoms with Crippen LogP contribution in [0.25, 0.3) is 0 Å². The van der Waals surface area contributed by atoms with Gasteiger partial charge >= 0.3 is 0 Å². The highest BCUT2D eigenvalue weighted by molar-refractivity contribution is 7.20. The van der Waals surface area contributed by atoms with Crippen molar-refractivity contribution in [3.8, 4) is 0 Å². The summed E-state index contributed by atoms with van der Waals surface area (Å²) in [6.45, 7) is 0. The van der Waals surface area contributed by atoms with Crippen LogP contribution in [0.4, 0.5) is 5.13 Å². The van der Waals surface area contributed by atoms with Gasteiger partial charge in [0, 0.05) is 6.42 Å². The lowest BCUT2D eigenvalue weighted by molar-refractivity contribution is 0.0975. The van der Waals surface area contributed by atoms with Crippen LogP contribution in [0.1, 0.15) is 38.6 Å². The van der Waals surface area contributed by atoms with Gasteiger partial charge in [-0.3, -0.25) is 14.9 Å². The van der Waals surface area contributed by atoms with E-state index in [1.54, 1.807) is 0 Å². The molecule has 20 heavy (non-hydrogen) atoms. The van der Waals surface area contributed by atoms with Crippen molar-refractivity contribution in [2.24, 2.45) is 0 Å². The number of nitrogens with one attached hydrogen (secondary N) is 1. The van der Waals surface area contributed by atoms with Gasteiger partial charge in [-0.2, -0.15) is 0 Å². The number of rotatable bonds is 2. The fourth-order valence-electron chi connectivity index (χ4n) is 1.98. The van der Waals surface area contributed by atoms with E-state index in [1.165, 1.54) is 17.4 Å². The molecule has 0 unspecified atom stereocenters. The third kappa shape index (κ3) is 2.61. The number of nitrogens with zero attached hydrogens (tertiary/aromatic N) is 1. The molecule has 1 aliphatic carbocycles. The molecule has 2 heterocycles. The molecule has 0 saturated heterocycles. The molecule has 0 bridgehead atoms. The van der Waals surface area contributed by atoms with Gasteiger partial charge < -0.3 is 0 Å². The number of Topliss-reactive ketones (excluding diaryl/α,β-unsaturated/α-hetero) is 1. The van der Waals surface area contributed by atoms with Crippen molar-refractivity contribution >= 4 is 62.7 Å². The molecule has 0 spiro atoms. The third-order valence-corrected chi connectivity index (χ3v) is 5.43. The number of anilines is 1. The molecule has 0 atom stereocenters. The van der Waals surface area contributed by atoms with Gasteiger partial charge in [0.15, 0.2) is 10.9 Å². The number of ketones is 1. The summed E-state index contributed by atoms with van der Waals surface area (Å²) in [6, 6.07) is 1.52. The van der Waals surface area contributed by atoms with Crippen LogP contribution in [0, 0.1) is 0 Å². The van der Waals surface area contributed by atoms with Crippen LogP contribution in [-0.4, -0.2) is 16.7 Å². The van der Waals surface area contributed by atoms with E-state index in [2.05, 4.69) is 10.3 Å². The average Bonchev–Trinajstić information content (AvgIpc) is 2.93. The van der Waals surface area contributed by atoms with Gasteiger partial charge in [0.2, 0.25) is 0 Å². The molecule has 0 aliphatic heterocycles. The molecule has 0 fully saturated rings. The van der Waals surface area contributed by atoms with Crippen molar-refractivity contribution in [2.75, 3.05) is 5.32 Å². The fraction of sp³-hybridized carbons (Fsp3) is 0.250. The van der Waals surface area contributed by atoms with Gasteiger partial charge in [0.25, 0.3) is 5.91 Å². The number of carbonyl (C=O) groups is 2. The second kappa shape index (κ2) is 5.44. The number of halogens is 2. The van der Waals surface area contributed by atoms with Crippen molar-refractivity contribution in [2.45, 2.75) is 19.3 Å². The van der Waals surface area contributed by atoms with E-state index in [0.717, 1.165) is 29.9 Å². The van der Waals surface area contributed by atoms with Crippen LogP contribution >= 0.6 is 45.9 Å². The maximum absolute atomic E-state index is 12.1. The van der Waals surface area contributed by atoms with Crippen LogP contribution in [0.2, 0.25) is 8.67 Å². The second-order valence-electron chi connectivity index (χ2n) is 4.26. The van der Waals surface area contributed by atoms with Crippen LogP contribution in [0.3, 0.4) is 0 Å². The summed E-state index contributed by atoms with van der Waals surface area (Å²) < 4.78 is 0.790. The SMILES string of the molecule is O=C(Nc1nc2c(s1)C(=O)CCC2)c1cc(Cl)sc1Cl. The Balaban J connectivity index is 1.83. The van der Waals surface area contributed by atoms with Gasteiger partial charge in [0.05, 0.1) is 20.5 Å². The molecular weight excluding hydrogens is 339 g/mol. The number of amides is 1. The summed E-state index contributed by atoms with van der Waals surface area (Å²) in [5, 5.41) is 3.09. The fourth-order valence-corrected chi connectivity index (χ4v) is 4.41. The molecule has 0 aromatic carbocycles. The molecule has 1 aliphatic rings. The molecule has 1 N–H and O–H groups in total. The van der Waals surface area contributed by atoms with Gasteiger partial charge in [-0.1, -0.05) is 34.5 Å². The van der Waals surface area contributed by atoms with E-state index in [-0.39, 0.29) is 11.7 Å². The number of fused-ring (bicyclic) bond motifs is 1. The summed E-state index contributed by atoms with van der Waals surface area (Å²) in [4.78, 5) is 28.8. The van der Waals surface area contributed by atoms with Gasteiger partial charge in [-0.05, 0) is 18.9 Å². The van der Waals surface area contributed by atoms with Crippen molar-refractivity contribution < 1.29 is 9.59 Å². The third-order valence-electron chi connectivity index (χ3n) is 2.89. The molecule has 2 aromatic heterocycles. The average molecular weight is 347 g/mol. The highest BCUT2D eigenvalue weighted by Crippen LogP contribution is 2.33. The Morgan fingerprint density at radius 2 is 2.10 bits per heavy atom. The Kier molecular flexibility index (Phi) is 3.81. The Bertz CT molecular complexity index is 708. The van der Waals surface area contributed by atoms with Crippen molar-refractivity contribution in [1.82, 2.24) is 4.98 Å². The van der Waals surface area contributed by atoms with Crippen molar-refractivity contribution in [1.29, 1.82) is 0 Å². The first-order valence-electron chi connectivity index (χ1n) is 5.83. The van der Waals surface area contributed by atoms with Gasteiger partial charge in [-0.25, -0.2) is 4.98 Å². The Hall–Kier alpha value is -0.950. The summed E-state index contributed by atoms with van der Waals surface area (Å²) in [5.41, 5.74) is 1.09. The molecule has 1 amide bonds. The minimum absolute atomic E-state index is 0.0980. The minimum Gasteiger partial charge on any atom is -0.298 e. The lowest BCUT2D eigenvalue weighted by Gasteiger charge is -2.05. The Labute approximate surface area is 132 Å². The molecule has 8 heteroatoms. The van der Waals surface area contributed by atoms with E-state index >= 15 is 0 Å². The molecule has 104 valence electrons. The summed E-state index contributed by atoms with van der Waals surface area (Å²) in [5.74, 6) is -0.266. The number of aromatic nitrogens is 1. The first-order valence-corrected chi connectivity index (χ1v) is 8.22. The van der Waals surface area contributed by atoms with E-state index in [9.17, 15) is 9.59 Å². The maximum atomic E-state index is 12.1. The molecule has 0 radical (unpaired) electrons. The highest BCUT2D eigenvalue weighted by atomic mass is 35.5. The molecule has 4 nitrogen and oxygen atoms in total. The molecule has 0 saturated carbocycles. The summed E-state index contributed by atoms with van der Waals surface area (Å²) in [6.07, 6.45) is 2.14. The monoisotopic (exact) mass is 346 g/mol. The molecular formula is C12H8Cl2N2O2S2. The number of carbonyl (C=O) groups excluding carboxylic acids is 2. The van der Waals surface area contributed by atoms with E-state index in [1.807, 2.05) is 0 Å². The number of hydrogen-bond donors (Lipinski definition) is 1. The lowest BCUT2D eigenvalue weighted by Crippen LogP contribution is -2.11. The number of hydrogen-bond acceptors (Lipinski definition) is 5. The zero-order valence-electron chi connectivity index (χ0n) is 10.0. The standard InChI is InChI=1S/C12H8Cl2N2O2S2/c13-8-4-5(10(14)19-8)11(18)16-12-15-6-2-1-3-7(17)9(6)20-12/h4H,1-3H2,(H,15,16,18). The Morgan fingerprint density at radius 1 is 1.30 bits per heavy atom. The van der Waals surface area contributed by atoms with Gasteiger partial charge in [0.1, 0.15) is 4.34 Å². The van der Waals surface area contributed by atoms with Crippen LogP contribution < -0.4 is 5.32 Å². The van der Waals surface area contributed by atoms with Crippen LogP contribution in [-0.2, 0) is 6.42 Å². The Morgan fingerprint density at radius 3 is 2.75 bits per heavy atom. The summed E-state index contributed by atoms with van der Waals surface area (Å²) in [7, 11) is 0. The van der Waals surface area contributed by atoms with Crippen molar-refractivity contribution in [3.63, 3.8) is 0 Å². The minimum atomic E-state index is -0.364. The zero-order chi connectivity index (χ0) is 14.3. The second-order valence-corrected chi connectivity index (χ2v) is 7.55. The molecule has 3 rings (SSSR count). The van der Waals surface area contributed by atoms with Gasteiger partial charge in [-0.15, -0.1) is 11.3 Å². The number of aryl methyl sites for hydroxylation is 1. The largest absolute Gasteiger partial charge is 0.298 e. The topological polar surface area (TPSA) is 59.1 Å². The van der Waals surface area contributed by atoms with E-state index < -0.39 is 0 Å². The predicted octanol–water partition coefficient (Wildman–Crippen LogP) is 4.28. The first kappa shape index (κ1) is 14.0. The van der Waals surface area contributed by atoms with E-state index in [0.29, 0.717) is 30.7 Å². The smallest absolute Gasteiger partial charge is 0.259 e. The van der Waals surface area contributed by atoms with Crippen molar-refractivity contribution in [3.05, 3.63) is 30.9 Å². The lowest BCUT2D eigenvalue weighted by atomic mass is 10.0. The number of thiazole rings is 1. The zero-order valence-corrected chi connectivity index (χ0v) is 13.2. The number of thiophene rings is 1.